The molecule has 44 heavy (non-hydrogen) atoms. The van der Waals surface area contributed by atoms with Crippen molar-refractivity contribution < 1.29 is 24.2 Å². The molecule has 228 valence electrons. The Kier molecular flexibility index (Phi) is 10.3. The Labute approximate surface area is 265 Å². The number of carbonyl (C=O) groups is 2. The first-order valence-corrected chi connectivity index (χ1v) is 16.5. The van der Waals surface area contributed by atoms with Gasteiger partial charge in [0.25, 0.3) is 5.78 Å². The summed E-state index contributed by atoms with van der Waals surface area (Å²) in [5, 5.41) is 20.4. The van der Waals surface area contributed by atoms with Crippen LogP contribution in [0.1, 0.15) is 61.4 Å². The standard InChI is InChI=1S/C34H35N3O5S2/c1-4-6-19-42-27-9-7-8-25(20-27)29-28(30(38)24-14-16-26(17-15-24)41-18-5-2)31(39)32(40)37(29)33-35-36-34(44-33)43-21-23-12-10-22(3)11-13-23/h7-17,20,29,38H,4-6,18-19,21H2,1-3H3/b30-28+. The fourth-order valence-corrected chi connectivity index (χ4v) is 6.55. The van der Waals surface area contributed by atoms with Gasteiger partial charge >= 0.3 is 5.91 Å². The molecule has 0 aliphatic carbocycles. The minimum atomic E-state index is -0.927. The van der Waals surface area contributed by atoms with Gasteiger partial charge in [0.15, 0.2) is 4.34 Å². The quantitative estimate of drug-likeness (QED) is 0.0400. The number of anilines is 1. The minimum absolute atomic E-state index is 0.0213. The second-order valence-electron chi connectivity index (χ2n) is 10.4. The number of aryl methyl sites for hydroxylation is 1. The molecule has 1 unspecified atom stereocenters. The third-order valence-corrected chi connectivity index (χ3v) is 9.20. The molecular formula is C34H35N3O5S2. The third kappa shape index (κ3) is 7.14. The van der Waals surface area contributed by atoms with Crippen LogP contribution in [-0.2, 0) is 15.3 Å². The minimum Gasteiger partial charge on any atom is -0.507 e. The van der Waals surface area contributed by atoms with Crippen LogP contribution in [0.2, 0.25) is 0 Å². The van der Waals surface area contributed by atoms with Crippen molar-refractivity contribution >= 4 is 45.7 Å². The van der Waals surface area contributed by atoms with Crippen molar-refractivity contribution in [2.24, 2.45) is 0 Å². The monoisotopic (exact) mass is 629 g/mol. The van der Waals surface area contributed by atoms with Gasteiger partial charge in [-0.15, -0.1) is 10.2 Å². The van der Waals surface area contributed by atoms with E-state index in [1.165, 1.54) is 33.6 Å². The Morgan fingerprint density at radius 3 is 2.41 bits per heavy atom. The highest BCUT2D eigenvalue weighted by atomic mass is 32.2. The number of ketones is 1. The number of aromatic nitrogens is 2. The first-order chi connectivity index (χ1) is 21.4. The van der Waals surface area contributed by atoms with E-state index in [9.17, 15) is 14.7 Å². The van der Waals surface area contributed by atoms with Gasteiger partial charge in [0.05, 0.1) is 24.8 Å². The van der Waals surface area contributed by atoms with Gasteiger partial charge in [0.1, 0.15) is 17.3 Å². The van der Waals surface area contributed by atoms with E-state index in [0.717, 1.165) is 24.8 Å². The largest absolute Gasteiger partial charge is 0.507 e. The highest BCUT2D eigenvalue weighted by Gasteiger charge is 2.48. The van der Waals surface area contributed by atoms with Crippen molar-refractivity contribution in [2.45, 2.75) is 56.2 Å². The van der Waals surface area contributed by atoms with Crippen LogP contribution < -0.4 is 14.4 Å². The van der Waals surface area contributed by atoms with Crippen LogP contribution in [0.5, 0.6) is 11.5 Å². The van der Waals surface area contributed by atoms with Gasteiger partial charge in [-0.25, -0.2) is 0 Å². The van der Waals surface area contributed by atoms with E-state index in [1.807, 2.05) is 38.1 Å². The number of carbonyl (C=O) groups excluding carboxylic acids is 2. The number of hydrogen-bond donors (Lipinski definition) is 1. The predicted octanol–water partition coefficient (Wildman–Crippen LogP) is 7.73. The molecule has 8 nitrogen and oxygen atoms in total. The van der Waals surface area contributed by atoms with E-state index in [0.29, 0.717) is 45.9 Å². The number of rotatable bonds is 13. The third-order valence-electron chi connectivity index (χ3n) is 7.07. The fraction of sp³-hybridized carbons (Fsp3) is 0.294. The number of unbranched alkanes of at least 4 members (excludes halogenated alkanes) is 1. The molecule has 4 aromatic rings. The van der Waals surface area contributed by atoms with Crippen molar-refractivity contribution in [2.75, 3.05) is 18.1 Å². The number of aliphatic hydroxyl groups excluding tert-OH is 1. The molecule has 1 aliphatic heterocycles. The molecule has 0 radical (unpaired) electrons. The Morgan fingerprint density at radius 2 is 1.68 bits per heavy atom. The maximum absolute atomic E-state index is 13.6. The topological polar surface area (TPSA) is 102 Å². The molecule has 1 atom stereocenters. The molecule has 1 aliphatic rings. The Bertz CT molecular complexity index is 1630. The van der Waals surface area contributed by atoms with Crippen molar-refractivity contribution in [1.29, 1.82) is 0 Å². The van der Waals surface area contributed by atoms with Crippen LogP contribution >= 0.6 is 23.1 Å². The summed E-state index contributed by atoms with van der Waals surface area (Å²) in [4.78, 5) is 28.6. The van der Waals surface area contributed by atoms with Crippen molar-refractivity contribution in [3.63, 3.8) is 0 Å². The van der Waals surface area contributed by atoms with Crippen molar-refractivity contribution in [1.82, 2.24) is 10.2 Å². The highest BCUT2D eigenvalue weighted by molar-refractivity contribution is 8.00. The maximum Gasteiger partial charge on any atom is 0.301 e. The summed E-state index contributed by atoms with van der Waals surface area (Å²) >= 11 is 2.75. The van der Waals surface area contributed by atoms with E-state index in [4.69, 9.17) is 9.47 Å². The van der Waals surface area contributed by atoms with E-state index in [1.54, 1.807) is 24.3 Å². The van der Waals surface area contributed by atoms with Gasteiger partial charge in [-0.3, -0.25) is 14.5 Å². The lowest BCUT2D eigenvalue weighted by Crippen LogP contribution is -2.29. The molecule has 0 bridgehead atoms. The molecule has 1 saturated heterocycles. The summed E-state index contributed by atoms with van der Waals surface area (Å²) in [6, 6.07) is 21.5. The molecule has 5 rings (SSSR count). The zero-order valence-corrected chi connectivity index (χ0v) is 26.6. The SMILES string of the molecule is CCCCOc1cccc(C2/C(=C(\O)c3ccc(OCCC)cc3)C(=O)C(=O)N2c2nnc(SCc3ccc(C)cc3)s2)c1. The van der Waals surface area contributed by atoms with Crippen molar-refractivity contribution in [3.05, 3.63) is 101 Å². The number of nitrogens with zero attached hydrogens (tertiary/aromatic N) is 3. The molecule has 1 aromatic heterocycles. The molecule has 1 N–H and O–H groups in total. The lowest BCUT2D eigenvalue weighted by molar-refractivity contribution is -0.132. The molecule has 1 fully saturated rings. The average Bonchev–Trinajstić information content (AvgIpc) is 3.61. The second-order valence-corrected chi connectivity index (χ2v) is 12.6. The van der Waals surface area contributed by atoms with Gasteiger partial charge in [0, 0.05) is 11.3 Å². The van der Waals surface area contributed by atoms with Crippen LogP contribution in [0.15, 0.2) is 82.7 Å². The maximum atomic E-state index is 13.6. The number of benzene rings is 3. The van der Waals surface area contributed by atoms with E-state index < -0.39 is 17.7 Å². The zero-order valence-electron chi connectivity index (χ0n) is 25.0. The van der Waals surface area contributed by atoms with Crippen LogP contribution in [0, 0.1) is 6.92 Å². The van der Waals surface area contributed by atoms with Gasteiger partial charge in [0.2, 0.25) is 5.13 Å². The van der Waals surface area contributed by atoms with Crippen LogP contribution in [0.3, 0.4) is 0 Å². The number of hydrogen-bond acceptors (Lipinski definition) is 9. The van der Waals surface area contributed by atoms with E-state index in [2.05, 4.69) is 41.4 Å². The van der Waals surface area contributed by atoms with Gasteiger partial charge < -0.3 is 14.6 Å². The molecular weight excluding hydrogens is 595 g/mol. The number of amides is 1. The van der Waals surface area contributed by atoms with Crippen LogP contribution in [0.25, 0.3) is 5.76 Å². The Balaban J connectivity index is 1.51. The van der Waals surface area contributed by atoms with Gasteiger partial charge in [-0.1, -0.05) is 85.3 Å². The average molecular weight is 630 g/mol. The first-order valence-electron chi connectivity index (χ1n) is 14.7. The second kappa shape index (κ2) is 14.5. The predicted molar refractivity (Wildman–Crippen MR) is 175 cm³/mol. The lowest BCUT2D eigenvalue weighted by Gasteiger charge is -2.23. The molecule has 2 heterocycles. The summed E-state index contributed by atoms with van der Waals surface area (Å²) in [7, 11) is 0. The van der Waals surface area contributed by atoms with Crippen molar-refractivity contribution in [3.8, 4) is 11.5 Å². The number of thioether (sulfide) groups is 1. The smallest absolute Gasteiger partial charge is 0.301 e. The summed E-state index contributed by atoms with van der Waals surface area (Å²) in [6.07, 6.45) is 2.75. The normalized spacial score (nSPS) is 16.0. The van der Waals surface area contributed by atoms with Crippen LogP contribution in [0.4, 0.5) is 5.13 Å². The Hall–Kier alpha value is -4.15. The highest BCUT2D eigenvalue weighted by Crippen LogP contribution is 2.44. The molecule has 0 spiro atoms. The van der Waals surface area contributed by atoms with Gasteiger partial charge in [-0.05, 0) is 67.3 Å². The van der Waals surface area contributed by atoms with E-state index >= 15 is 0 Å². The molecule has 0 saturated carbocycles. The summed E-state index contributed by atoms with van der Waals surface area (Å²) in [5.74, 6) is 0.121. The fourth-order valence-electron chi connectivity index (χ4n) is 4.73. The molecule has 3 aromatic carbocycles. The first kappa shape index (κ1) is 31.3. The summed E-state index contributed by atoms with van der Waals surface area (Å²) in [6.45, 7) is 7.27. The van der Waals surface area contributed by atoms with E-state index in [-0.39, 0.29) is 16.5 Å². The number of ether oxygens (including phenoxy) is 2. The summed E-state index contributed by atoms with van der Waals surface area (Å²) in [5.41, 5.74) is 3.33. The molecule has 1 amide bonds. The lowest BCUT2D eigenvalue weighted by atomic mass is 9.95. The number of aliphatic hydroxyl groups is 1. The molecule has 10 heteroatoms. The van der Waals surface area contributed by atoms with Gasteiger partial charge in [-0.2, -0.15) is 0 Å². The van der Waals surface area contributed by atoms with Crippen LogP contribution in [-0.4, -0.2) is 40.2 Å². The number of Topliss-reactive ketones (excluding diaryl/α,β-unsaturated/α-hetero) is 1. The zero-order chi connectivity index (χ0) is 31.1. The Morgan fingerprint density at radius 1 is 0.932 bits per heavy atom. The summed E-state index contributed by atoms with van der Waals surface area (Å²) < 4.78 is 12.3.